The van der Waals surface area contributed by atoms with Gasteiger partial charge in [0.25, 0.3) is 0 Å². The van der Waals surface area contributed by atoms with Crippen LogP contribution in [-0.4, -0.2) is 17.0 Å². The van der Waals surface area contributed by atoms with Gasteiger partial charge in [0, 0.05) is 15.1 Å². The van der Waals surface area contributed by atoms with Crippen LogP contribution in [-0.2, 0) is 4.74 Å². The van der Waals surface area contributed by atoms with Crippen LogP contribution in [0.5, 0.6) is 0 Å². The molecule has 2 rings (SSSR count). The van der Waals surface area contributed by atoms with E-state index in [9.17, 15) is 4.79 Å². The van der Waals surface area contributed by atoms with E-state index in [0.717, 1.165) is 10.9 Å². The number of carbonyl (C=O) groups excluding carboxylic acids is 1. The van der Waals surface area contributed by atoms with Crippen LogP contribution < -0.4 is 0 Å². The van der Waals surface area contributed by atoms with Crippen molar-refractivity contribution < 1.29 is 9.53 Å². The SMILES string of the molecule is CC1(C)CC(C(=O)c2ccc(Cl)cc2Br)C(C)(C)O1. The van der Waals surface area contributed by atoms with Gasteiger partial charge in [-0.15, -0.1) is 0 Å². The highest BCUT2D eigenvalue weighted by molar-refractivity contribution is 9.10. The molecule has 2 nitrogen and oxygen atoms in total. The summed E-state index contributed by atoms with van der Waals surface area (Å²) in [4.78, 5) is 12.7. The summed E-state index contributed by atoms with van der Waals surface area (Å²) in [5.41, 5.74) is -0.0358. The minimum Gasteiger partial charge on any atom is -0.369 e. The fourth-order valence-electron chi connectivity index (χ4n) is 2.85. The zero-order valence-corrected chi connectivity index (χ0v) is 13.9. The lowest BCUT2D eigenvalue weighted by molar-refractivity contribution is -0.0712. The van der Waals surface area contributed by atoms with E-state index < -0.39 is 5.60 Å². The molecular formula is C15H18BrClO2. The number of hydrogen-bond acceptors (Lipinski definition) is 2. The Balaban J connectivity index is 2.34. The summed E-state index contributed by atoms with van der Waals surface area (Å²) < 4.78 is 6.73. The molecule has 1 aromatic carbocycles. The number of halogens is 2. The monoisotopic (exact) mass is 344 g/mol. The van der Waals surface area contributed by atoms with Gasteiger partial charge in [0.2, 0.25) is 0 Å². The molecule has 1 saturated heterocycles. The van der Waals surface area contributed by atoms with Crippen LogP contribution in [0.25, 0.3) is 0 Å². The first kappa shape index (κ1) is 15.0. The van der Waals surface area contributed by atoms with Gasteiger partial charge in [0.15, 0.2) is 5.78 Å². The van der Waals surface area contributed by atoms with Gasteiger partial charge >= 0.3 is 0 Å². The van der Waals surface area contributed by atoms with E-state index in [1.807, 2.05) is 27.7 Å². The zero-order valence-electron chi connectivity index (χ0n) is 11.6. The van der Waals surface area contributed by atoms with Crippen LogP contribution in [0.1, 0.15) is 44.5 Å². The lowest BCUT2D eigenvalue weighted by Gasteiger charge is -2.26. The molecule has 1 aliphatic heterocycles. The van der Waals surface area contributed by atoms with Crippen molar-refractivity contribution in [2.45, 2.75) is 45.3 Å². The molecule has 0 aliphatic carbocycles. The molecule has 1 aliphatic rings. The first-order chi connectivity index (χ1) is 8.62. The molecule has 0 N–H and O–H groups in total. The number of Topliss-reactive ketones (excluding diaryl/α,β-unsaturated/α-hetero) is 1. The quantitative estimate of drug-likeness (QED) is 0.714. The minimum atomic E-state index is -0.445. The van der Waals surface area contributed by atoms with Crippen LogP contribution in [0.4, 0.5) is 0 Å². The number of ether oxygens (including phenoxy) is 1. The van der Waals surface area contributed by atoms with Crippen molar-refractivity contribution in [1.29, 1.82) is 0 Å². The normalized spacial score (nSPS) is 24.4. The first-order valence-electron chi connectivity index (χ1n) is 6.32. The molecule has 0 saturated carbocycles. The molecule has 19 heavy (non-hydrogen) atoms. The van der Waals surface area contributed by atoms with Crippen LogP contribution in [0.3, 0.4) is 0 Å². The second-order valence-corrected chi connectivity index (χ2v) is 7.50. The minimum absolute atomic E-state index is 0.110. The Hall–Kier alpha value is -0.380. The van der Waals surface area contributed by atoms with Crippen LogP contribution in [0.15, 0.2) is 22.7 Å². The molecule has 1 aromatic rings. The third-order valence-electron chi connectivity index (χ3n) is 3.59. The number of rotatable bonds is 2. The average molecular weight is 346 g/mol. The standard InChI is InChI=1S/C15H18BrClO2/c1-14(2)8-11(15(3,4)19-14)13(18)10-6-5-9(17)7-12(10)16/h5-7,11H,8H2,1-4H3. The summed E-state index contributed by atoms with van der Waals surface area (Å²) in [6.07, 6.45) is 0.730. The second kappa shape index (κ2) is 4.87. The lowest BCUT2D eigenvalue weighted by Crippen LogP contribution is -2.34. The maximum absolute atomic E-state index is 12.7. The highest BCUT2D eigenvalue weighted by atomic mass is 79.9. The van der Waals surface area contributed by atoms with E-state index in [2.05, 4.69) is 15.9 Å². The number of hydrogen-bond donors (Lipinski definition) is 0. The van der Waals surface area contributed by atoms with E-state index in [0.29, 0.717) is 10.6 Å². The first-order valence-corrected chi connectivity index (χ1v) is 7.49. The van der Waals surface area contributed by atoms with E-state index in [1.165, 1.54) is 0 Å². The summed E-state index contributed by atoms with van der Waals surface area (Å²) in [7, 11) is 0. The molecule has 1 fully saturated rings. The largest absolute Gasteiger partial charge is 0.369 e. The van der Waals surface area contributed by atoms with Gasteiger partial charge in [0.1, 0.15) is 0 Å². The summed E-state index contributed by atoms with van der Waals surface area (Å²) in [5.74, 6) is -0.0286. The van der Waals surface area contributed by atoms with Gasteiger partial charge in [-0.1, -0.05) is 11.6 Å². The third-order valence-corrected chi connectivity index (χ3v) is 4.48. The van der Waals surface area contributed by atoms with Crippen molar-refractivity contribution in [3.05, 3.63) is 33.3 Å². The Kier molecular flexibility index (Phi) is 3.85. The van der Waals surface area contributed by atoms with E-state index in [-0.39, 0.29) is 17.3 Å². The van der Waals surface area contributed by atoms with Gasteiger partial charge in [-0.3, -0.25) is 4.79 Å². The number of carbonyl (C=O) groups is 1. The van der Waals surface area contributed by atoms with E-state index >= 15 is 0 Å². The maximum Gasteiger partial charge on any atom is 0.170 e. The Morgan fingerprint density at radius 3 is 2.47 bits per heavy atom. The molecule has 104 valence electrons. The Morgan fingerprint density at radius 2 is 2.00 bits per heavy atom. The van der Waals surface area contributed by atoms with Gasteiger partial charge in [-0.25, -0.2) is 0 Å². The molecule has 0 radical (unpaired) electrons. The lowest BCUT2D eigenvalue weighted by atomic mass is 9.82. The Labute approximate surface area is 127 Å². The molecule has 0 bridgehead atoms. The second-order valence-electron chi connectivity index (χ2n) is 6.21. The van der Waals surface area contributed by atoms with Crippen LogP contribution in [0, 0.1) is 5.92 Å². The fraction of sp³-hybridized carbons (Fsp3) is 0.533. The molecule has 0 amide bonds. The summed E-state index contributed by atoms with van der Waals surface area (Å²) in [6.45, 7) is 8.01. The summed E-state index contributed by atoms with van der Waals surface area (Å²) >= 11 is 9.33. The van der Waals surface area contributed by atoms with Crippen LogP contribution >= 0.6 is 27.5 Å². The molecule has 0 aromatic heterocycles. The smallest absolute Gasteiger partial charge is 0.170 e. The molecular weight excluding hydrogens is 328 g/mol. The van der Waals surface area contributed by atoms with E-state index in [4.69, 9.17) is 16.3 Å². The van der Waals surface area contributed by atoms with Gasteiger partial charge in [0.05, 0.1) is 17.1 Å². The molecule has 0 spiro atoms. The Bertz CT molecular complexity index is 523. The predicted molar refractivity (Wildman–Crippen MR) is 80.8 cm³/mol. The molecule has 1 atom stereocenters. The van der Waals surface area contributed by atoms with Crippen molar-refractivity contribution in [3.63, 3.8) is 0 Å². The van der Waals surface area contributed by atoms with Crippen molar-refractivity contribution in [3.8, 4) is 0 Å². The molecule has 1 heterocycles. The molecule has 4 heteroatoms. The number of benzene rings is 1. The highest BCUT2D eigenvalue weighted by Gasteiger charge is 2.49. The third kappa shape index (κ3) is 3.04. The van der Waals surface area contributed by atoms with Gasteiger partial charge in [-0.05, 0) is 68.2 Å². The summed E-state index contributed by atoms with van der Waals surface area (Å²) in [6, 6.07) is 5.27. The summed E-state index contributed by atoms with van der Waals surface area (Å²) in [5, 5.41) is 0.616. The topological polar surface area (TPSA) is 26.3 Å². The number of ketones is 1. The van der Waals surface area contributed by atoms with Gasteiger partial charge in [-0.2, -0.15) is 0 Å². The van der Waals surface area contributed by atoms with Crippen molar-refractivity contribution in [1.82, 2.24) is 0 Å². The fourth-order valence-corrected chi connectivity index (χ4v) is 3.73. The molecule has 1 unspecified atom stereocenters. The van der Waals surface area contributed by atoms with Gasteiger partial charge < -0.3 is 4.74 Å². The van der Waals surface area contributed by atoms with Crippen molar-refractivity contribution in [2.24, 2.45) is 5.92 Å². The Morgan fingerprint density at radius 1 is 1.37 bits per heavy atom. The van der Waals surface area contributed by atoms with Crippen LogP contribution in [0.2, 0.25) is 5.02 Å². The van der Waals surface area contributed by atoms with Crippen molar-refractivity contribution in [2.75, 3.05) is 0 Å². The predicted octanol–water partition coefficient (Wildman–Crippen LogP) is 4.88. The highest BCUT2D eigenvalue weighted by Crippen LogP contribution is 2.44. The van der Waals surface area contributed by atoms with Crippen molar-refractivity contribution >= 4 is 33.3 Å². The average Bonchev–Trinajstić information content (AvgIpc) is 2.45. The zero-order chi connectivity index (χ0) is 14.4. The van der Waals surface area contributed by atoms with E-state index in [1.54, 1.807) is 18.2 Å². The maximum atomic E-state index is 12.7.